The number of benzene rings is 2. The van der Waals surface area contributed by atoms with Gasteiger partial charge in [0.05, 0.1) is 23.3 Å². The van der Waals surface area contributed by atoms with E-state index in [1.165, 1.54) is 31.4 Å². The van der Waals surface area contributed by atoms with E-state index in [9.17, 15) is 21.6 Å². The second kappa shape index (κ2) is 5.88. The molecule has 0 bridgehead atoms. The fraction of sp³-hybridized carbons (Fsp3) is 0.143. The van der Waals surface area contributed by atoms with Crippen LogP contribution >= 0.6 is 0 Å². The van der Waals surface area contributed by atoms with Crippen LogP contribution in [-0.2, 0) is 16.2 Å². The lowest BCUT2D eigenvalue weighted by molar-refractivity contribution is -0.137. The Bertz CT molecular complexity index is 759. The predicted molar refractivity (Wildman–Crippen MR) is 75.2 cm³/mol. The third-order valence-corrected chi connectivity index (χ3v) is 4.21. The maximum atomic E-state index is 12.7. The van der Waals surface area contributed by atoms with E-state index < -0.39 is 21.8 Å². The Morgan fingerprint density at radius 1 is 1.05 bits per heavy atom. The van der Waals surface area contributed by atoms with Crippen molar-refractivity contribution in [2.45, 2.75) is 11.1 Å². The van der Waals surface area contributed by atoms with Crippen LogP contribution in [0.3, 0.4) is 0 Å². The number of anilines is 1. The zero-order valence-electron chi connectivity index (χ0n) is 11.4. The van der Waals surface area contributed by atoms with Gasteiger partial charge in [0.25, 0.3) is 10.0 Å². The molecule has 2 rings (SSSR count). The molecule has 22 heavy (non-hydrogen) atoms. The molecule has 0 aliphatic rings. The summed E-state index contributed by atoms with van der Waals surface area (Å²) in [5.41, 5.74) is -1.25. The lowest BCUT2D eigenvalue weighted by atomic mass is 10.2. The molecule has 0 aromatic heterocycles. The molecule has 0 fully saturated rings. The molecule has 8 heteroatoms. The molecular weight excluding hydrogens is 319 g/mol. The topological polar surface area (TPSA) is 55.4 Å². The molecule has 4 nitrogen and oxygen atoms in total. The maximum Gasteiger partial charge on any atom is 0.416 e. The van der Waals surface area contributed by atoms with Gasteiger partial charge >= 0.3 is 6.18 Å². The van der Waals surface area contributed by atoms with Gasteiger partial charge < -0.3 is 4.74 Å². The van der Waals surface area contributed by atoms with E-state index in [2.05, 4.69) is 4.72 Å². The van der Waals surface area contributed by atoms with Gasteiger partial charge in [0.15, 0.2) is 0 Å². The lowest BCUT2D eigenvalue weighted by Crippen LogP contribution is -2.14. The summed E-state index contributed by atoms with van der Waals surface area (Å²) in [6, 6.07) is 9.90. The molecule has 0 heterocycles. The van der Waals surface area contributed by atoms with Crippen LogP contribution in [0.15, 0.2) is 53.4 Å². The van der Waals surface area contributed by atoms with Crippen molar-refractivity contribution in [3.63, 3.8) is 0 Å². The van der Waals surface area contributed by atoms with E-state index in [1.54, 1.807) is 6.07 Å². The number of nitrogens with one attached hydrogen (secondary N) is 1. The van der Waals surface area contributed by atoms with E-state index in [0.717, 1.165) is 12.1 Å². The summed E-state index contributed by atoms with van der Waals surface area (Å²) in [6.45, 7) is 0. The van der Waals surface area contributed by atoms with Crippen LogP contribution < -0.4 is 9.46 Å². The Balaban J connectivity index is 2.44. The fourth-order valence-electron chi connectivity index (χ4n) is 1.77. The van der Waals surface area contributed by atoms with E-state index in [-0.39, 0.29) is 16.3 Å². The Morgan fingerprint density at radius 3 is 2.23 bits per heavy atom. The monoisotopic (exact) mass is 331 g/mol. The van der Waals surface area contributed by atoms with E-state index in [4.69, 9.17) is 4.74 Å². The summed E-state index contributed by atoms with van der Waals surface area (Å²) in [6.07, 6.45) is -4.58. The van der Waals surface area contributed by atoms with Crippen molar-refractivity contribution in [1.29, 1.82) is 0 Å². The minimum absolute atomic E-state index is 0.00694. The summed E-state index contributed by atoms with van der Waals surface area (Å²) in [5.74, 6) is -0.00694. The molecule has 0 unspecified atom stereocenters. The zero-order valence-corrected chi connectivity index (χ0v) is 12.2. The zero-order chi connectivity index (χ0) is 16.4. The molecule has 0 aliphatic heterocycles. The van der Waals surface area contributed by atoms with Crippen LogP contribution in [0, 0.1) is 0 Å². The van der Waals surface area contributed by atoms with Crippen LogP contribution in [0.1, 0.15) is 5.56 Å². The third kappa shape index (κ3) is 3.51. The number of hydrogen-bond acceptors (Lipinski definition) is 3. The van der Waals surface area contributed by atoms with Crippen LogP contribution in [0.4, 0.5) is 18.9 Å². The molecule has 118 valence electrons. The van der Waals surface area contributed by atoms with Crippen molar-refractivity contribution in [2.75, 3.05) is 11.8 Å². The summed E-state index contributed by atoms with van der Waals surface area (Å²) in [7, 11) is -2.77. The third-order valence-electron chi connectivity index (χ3n) is 2.82. The van der Waals surface area contributed by atoms with E-state index in [0.29, 0.717) is 6.07 Å². The molecule has 2 aromatic carbocycles. The van der Waals surface area contributed by atoms with E-state index in [1.807, 2.05) is 0 Å². The number of alkyl halides is 3. The summed E-state index contributed by atoms with van der Waals surface area (Å²) in [5, 5.41) is 0. The minimum atomic E-state index is -4.58. The maximum absolute atomic E-state index is 12.7. The standard InChI is InChI=1S/C14H12F3NO3S/c1-21-13-8-7-10(14(15,16)17)9-12(13)18-22(19,20)11-5-3-2-4-6-11/h2-9,18H,1H3. The number of ether oxygens (including phenoxy) is 1. The lowest BCUT2D eigenvalue weighted by Gasteiger charge is -2.14. The summed E-state index contributed by atoms with van der Waals surface area (Å²) in [4.78, 5) is -0.0607. The van der Waals surface area contributed by atoms with Crippen molar-refractivity contribution in [2.24, 2.45) is 0 Å². The Kier molecular flexibility index (Phi) is 4.32. The molecule has 0 saturated carbocycles. The van der Waals surface area contributed by atoms with Gasteiger partial charge in [0, 0.05) is 0 Å². The smallest absolute Gasteiger partial charge is 0.416 e. The van der Waals surface area contributed by atoms with Crippen molar-refractivity contribution >= 4 is 15.7 Å². The largest absolute Gasteiger partial charge is 0.495 e. The summed E-state index contributed by atoms with van der Waals surface area (Å²) < 4.78 is 69.6. The first kappa shape index (κ1) is 16.2. The normalized spacial score (nSPS) is 12.0. The highest BCUT2D eigenvalue weighted by atomic mass is 32.2. The number of rotatable bonds is 4. The van der Waals surface area contributed by atoms with Crippen LogP contribution in [-0.4, -0.2) is 15.5 Å². The van der Waals surface area contributed by atoms with Crippen molar-refractivity contribution < 1.29 is 26.3 Å². The number of hydrogen-bond donors (Lipinski definition) is 1. The average Bonchev–Trinajstić information content (AvgIpc) is 2.47. The highest BCUT2D eigenvalue weighted by Gasteiger charge is 2.31. The quantitative estimate of drug-likeness (QED) is 0.933. The highest BCUT2D eigenvalue weighted by molar-refractivity contribution is 7.92. The van der Waals surface area contributed by atoms with Gasteiger partial charge in [0.1, 0.15) is 5.75 Å². The number of sulfonamides is 1. The first-order valence-electron chi connectivity index (χ1n) is 6.07. The van der Waals surface area contributed by atoms with Crippen LogP contribution in [0.25, 0.3) is 0 Å². The first-order valence-corrected chi connectivity index (χ1v) is 7.55. The molecular formula is C14H12F3NO3S. The molecule has 0 saturated heterocycles. The molecule has 0 atom stereocenters. The molecule has 0 aliphatic carbocycles. The second-order valence-electron chi connectivity index (χ2n) is 4.33. The van der Waals surface area contributed by atoms with Crippen molar-refractivity contribution in [3.8, 4) is 5.75 Å². The van der Waals surface area contributed by atoms with Gasteiger partial charge in [-0.3, -0.25) is 4.72 Å². The fourth-order valence-corrected chi connectivity index (χ4v) is 2.85. The number of halogens is 3. The van der Waals surface area contributed by atoms with Crippen molar-refractivity contribution in [3.05, 3.63) is 54.1 Å². The molecule has 2 aromatic rings. The second-order valence-corrected chi connectivity index (χ2v) is 6.01. The minimum Gasteiger partial charge on any atom is -0.495 e. The van der Waals surface area contributed by atoms with Crippen LogP contribution in [0.2, 0.25) is 0 Å². The molecule has 0 spiro atoms. The first-order chi connectivity index (χ1) is 10.2. The van der Waals surface area contributed by atoms with Gasteiger partial charge in [-0.1, -0.05) is 18.2 Å². The molecule has 0 radical (unpaired) electrons. The Hall–Kier alpha value is -2.22. The van der Waals surface area contributed by atoms with E-state index >= 15 is 0 Å². The average molecular weight is 331 g/mol. The van der Waals surface area contributed by atoms with Crippen LogP contribution in [0.5, 0.6) is 5.75 Å². The van der Waals surface area contributed by atoms with Gasteiger partial charge in [-0.05, 0) is 30.3 Å². The number of methoxy groups -OCH3 is 1. The Labute approximate surface area is 125 Å². The summed E-state index contributed by atoms with van der Waals surface area (Å²) >= 11 is 0. The Morgan fingerprint density at radius 2 is 1.68 bits per heavy atom. The molecule has 1 N–H and O–H groups in total. The SMILES string of the molecule is COc1ccc(C(F)(F)F)cc1NS(=O)(=O)c1ccccc1. The predicted octanol–water partition coefficient (Wildman–Crippen LogP) is 3.51. The van der Waals surface area contributed by atoms with Gasteiger partial charge in [-0.25, -0.2) is 8.42 Å². The molecule has 0 amide bonds. The van der Waals surface area contributed by atoms with Gasteiger partial charge in [-0.15, -0.1) is 0 Å². The van der Waals surface area contributed by atoms with Gasteiger partial charge in [0.2, 0.25) is 0 Å². The van der Waals surface area contributed by atoms with Gasteiger partial charge in [-0.2, -0.15) is 13.2 Å². The highest BCUT2D eigenvalue weighted by Crippen LogP contribution is 2.35. The van der Waals surface area contributed by atoms with Crippen molar-refractivity contribution in [1.82, 2.24) is 0 Å².